The van der Waals surface area contributed by atoms with Crippen molar-refractivity contribution < 1.29 is 13.5 Å². The Morgan fingerprint density at radius 3 is 2.78 bits per heavy atom. The minimum atomic E-state index is -0.627. The van der Waals surface area contributed by atoms with Gasteiger partial charge in [-0.15, -0.1) is 0 Å². The number of aromatic nitrogens is 1. The van der Waals surface area contributed by atoms with Crippen LogP contribution in [0.2, 0.25) is 0 Å². The Morgan fingerprint density at radius 2 is 2.06 bits per heavy atom. The number of halogens is 2. The van der Waals surface area contributed by atoms with Crippen molar-refractivity contribution in [1.82, 2.24) is 4.98 Å². The number of ether oxygens (including phenoxy) is 1. The van der Waals surface area contributed by atoms with Crippen molar-refractivity contribution in [2.75, 3.05) is 12.4 Å². The highest BCUT2D eigenvalue weighted by molar-refractivity contribution is 5.44. The van der Waals surface area contributed by atoms with Crippen molar-refractivity contribution in [2.45, 2.75) is 6.54 Å². The third-order valence-corrected chi connectivity index (χ3v) is 2.38. The zero-order valence-corrected chi connectivity index (χ0v) is 9.78. The van der Waals surface area contributed by atoms with E-state index in [0.29, 0.717) is 18.1 Å². The molecule has 18 heavy (non-hydrogen) atoms. The van der Waals surface area contributed by atoms with Gasteiger partial charge in [-0.1, -0.05) is 6.07 Å². The van der Waals surface area contributed by atoms with Gasteiger partial charge in [0, 0.05) is 12.1 Å². The second kappa shape index (κ2) is 5.44. The van der Waals surface area contributed by atoms with E-state index >= 15 is 0 Å². The van der Waals surface area contributed by atoms with Crippen LogP contribution < -0.4 is 10.1 Å². The molecule has 0 saturated carbocycles. The first kappa shape index (κ1) is 12.3. The third kappa shape index (κ3) is 2.94. The van der Waals surface area contributed by atoms with Gasteiger partial charge in [0.25, 0.3) is 0 Å². The van der Waals surface area contributed by atoms with Gasteiger partial charge in [0.1, 0.15) is 11.6 Å². The van der Waals surface area contributed by atoms with Crippen molar-refractivity contribution in [3.8, 4) is 5.88 Å². The predicted molar refractivity (Wildman–Crippen MR) is 64.5 cm³/mol. The fraction of sp³-hybridized carbons (Fsp3) is 0.154. The van der Waals surface area contributed by atoms with Crippen LogP contribution in [-0.4, -0.2) is 12.1 Å². The maximum Gasteiger partial charge on any atom is 0.213 e. The maximum absolute atomic E-state index is 13.4. The molecule has 2 rings (SSSR count). The average molecular weight is 250 g/mol. The van der Waals surface area contributed by atoms with Gasteiger partial charge in [-0.2, -0.15) is 0 Å². The molecular formula is C13H12F2N2O. The SMILES string of the molecule is COc1cccc(CNc2ccc(F)cc2F)n1. The number of methoxy groups -OCH3 is 1. The molecule has 5 heteroatoms. The van der Waals surface area contributed by atoms with Gasteiger partial charge in [0.2, 0.25) is 5.88 Å². The number of hydrogen-bond acceptors (Lipinski definition) is 3. The van der Waals surface area contributed by atoms with Crippen LogP contribution in [-0.2, 0) is 6.54 Å². The highest BCUT2D eigenvalue weighted by atomic mass is 19.1. The summed E-state index contributed by atoms with van der Waals surface area (Å²) in [5.74, 6) is -0.732. The molecule has 0 bridgehead atoms. The number of pyridine rings is 1. The number of benzene rings is 1. The molecule has 1 aromatic carbocycles. The molecule has 0 amide bonds. The predicted octanol–water partition coefficient (Wildman–Crippen LogP) is 2.98. The summed E-state index contributed by atoms with van der Waals surface area (Å²) in [6.45, 7) is 0.333. The Bertz CT molecular complexity index is 546. The molecule has 1 heterocycles. The van der Waals surface area contributed by atoms with E-state index in [1.165, 1.54) is 19.2 Å². The number of hydrogen-bond donors (Lipinski definition) is 1. The molecule has 0 unspecified atom stereocenters. The molecule has 0 atom stereocenters. The van der Waals surface area contributed by atoms with E-state index in [0.717, 1.165) is 6.07 Å². The van der Waals surface area contributed by atoms with Crippen LogP contribution in [0.5, 0.6) is 5.88 Å². The summed E-state index contributed by atoms with van der Waals surface area (Å²) in [7, 11) is 1.53. The lowest BCUT2D eigenvalue weighted by Crippen LogP contribution is -2.04. The lowest BCUT2D eigenvalue weighted by atomic mass is 10.3. The second-order valence-electron chi connectivity index (χ2n) is 3.65. The van der Waals surface area contributed by atoms with Crippen LogP contribution in [0, 0.1) is 11.6 Å². The van der Waals surface area contributed by atoms with Crippen molar-refractivity contribution in [3.63, 3.8) is 0 Å². The van der Waals surface area contributed by atoms with E-state index in [1.54, 1.807) is 18.2 Å². The lowest BCUT2D eigenvalue weighted by Gasteiger charge is -2.08. The summed E-state index contributed by atoms with van der Waals surface area (Å²) in [6.07, 6.45) is 0. The second-order valence-corrected chi connectivity index (χ2v) is 3.65. The maximum atomic E-state index is 13.4. The van der Waals surface area contributed by atoms with Gasteiger partial charge in [-0.3, -0.25) is 0 Å². The minimum absolute atomic E-state index is 0.237. The van der Waals surface area contributed by atoms with Crippen molar-refractivity contribution >= 4 is 5.69 Å². The molecule has 0 aliphatic heterocycles. The number of rotatable bonds is 4. The van der Waals surface area contributed by atoms with Crippen LogP contribution in [0.15, 0.2) is 36.4 Å². The Morgan fingerprint density at radius 1 is 1.22 bits per heavy atom. The molecule has 0 fully saturated rings. The molecule has 0 saturated heterocycles. The lowest BCUT2D eigenvalue weighted by molar-refractivity contribution is 0.396. The molecule has 0 radical (unpaired) electrons. The summed E-state index contributed by atoms with van der Waals surface area (Å²) in [4.78, 5) is 4.17. The van der Waals surface area contributed by atoms with Crippen LogP contribution in [0.1, 0.15) is 5.69 Å². The molecule has 94 valence electrons. The summed E-state index contributed by atoms with van der Waals surface area (Å²) in [5.41, 5.74) is 0.944. The molecule has 0 aliphatic carbocycles. The highest BCUT2D eigenvalue weighted by Crippen LogP contribution is 2.16. The van der Waals surface area contributed by atoms with Crippen molar-refractivity contribution in [3.05, 3.63) is 53.7 Å². The van der Waals surface area contributed by atoms with Crippen molar-refractivity contribution in [1.29, 1.82) is 0 Å². The number of nitrogens with zero attached hydrogens (tertiary/aromatic N) is 1. The Balaban J connectivity index is 2.06. The number of anilines is 1. The first-order valence-corrected chi connectivity index (χ1v) is 5.38. The summed E-state index contributed by atoms with van der Waals surface area (Å²) in [5, 5.41) is 2.85. The molecule has 3 nitrogen and oxygen atoms in total. The van der Waals surface area contributed by atoms with E-state index < -0.39 is 11.6 Å². The largest absolute Gasteiger partial charge is 0.481 e. The van der Waals surface area contributed by atoms with Crippen LogP contribution in [0.4, 0.5) is 14.5 Å². The standard InChI is InChI=1S/C13H12F2N2O/c1-18-13-4-2-3-10(17-13)8-16-12-6-5-9(14)7-11(12)15/h2-7,16H,8H2,1H3. The highest BCUT2D eigenvalue weighted by Gasteiger charge is 2.04. The Kier molecular flexibility index (Phi) is 3.72. The summed E-state index contributed by atoms with van der Waals surface area (Å²) in [6, 6.07) is 8.69. The minimum Gasteiger partial charge on any atom is -0.481 e. The number of nitrogens with one attached hydrogen (secondary N) is 1. The van der Waals surface area contributed by atoms with Gasteiger partial charge in [0.15, 0.2) is 0 Å². The molecule has 1 aromatic heterocycles. The Hall–Kier alpha value is -2.17. The van der Waals surface area contributed by atoms with Gasteiger partial charge >= 0.3 is 0 Å². The zero-order chi connectivity index (χ0) is 13.0. The molecule has 0 aliphatic rings. The van der Waals surface area contributed by atoms with Crippen LogP contribution >= 0.6 is 0 Å². The van der Waals surface area contributed by atoms with Gasteiger partial charge in [-0.05, 0) is 18.2 Å². The molecule has 0 spiro atoms. The smallest absolute Gasteiger partial charge is 0.213 e. The van der Waals surface area contributed by atoms with Gasteiger partial charge in [0.05, 0.1) is 25.0 Å². The molecular weight excluding hydrogens is 238 g/mol. The van der Waals surface area contributed by atoms with E-state index in [1.807, 2.05) is 0 Å². The van der Waals surface area contributed by atoms with Crippen molar-refractivity contribution in [2.24, 2.45) is 0 Å². The monoisotopic (exact) mass is 250 g/mol. The first-order chi connectivity index (χ1) is 8.69. The average Bonchev–Trinajstić information content (AvgIpc) is 2.38. The molecule has 2 aromatic rings. The van der Waals surface area contributed by atoms with E-state index in [2.05, 4.69) is 10.3 Å². The van der Waals surface area contributed by atoms with E-state index in [9.17, 15) is 8.78 Å². The van der Waals surface area contributed by atoms with Crippen LogP contribution in [0.25, 0.3) is 0 Å². The first-order valence-electron chi connectivity index (χ1n) is 5.38. The quantitative estimate of drug-likeness (QED) is 0.905. The Labute approximate surface area is 103 Å². The van der Waals surface area contributed by atoms with Gasteiger partial charge < -0.3 is 10.1 Å². The fourth-order valence-corrected chi connectivity index (χ4v) is 1.49. The fourth-order valence-electron chi connectivity index (χ4n) is 1.49. The summed E-state index contributed by atoms with van der Waals surface area (Å²) >= 11 is 0. The molecule has 1 N–H and O–H groups in total. The van der Waals surface area contributed by atoms with Gasteiger partial charge in [-0.25, -0.2) is 13.8 Å². The third-order valence-electron chi connectivity index (χ3n) is 2.38. The van der Waals surface area contributed by atoms with Crippen LogP contribution in [0.3, 0.4) is 0 Å². The van der Waals surface area contributed by atoms with E-state index in [-0.39, 0.29) is 5.69 Å². The summed E-state index contributed by atoms with van der Waals surface area (Å²) < 4.78 is 31.0. The topological polar surface area (TPSA) is 34.1 Å². The van der Waals surface area contributed by atoms with E-state index in [4.69, 9.17) is 4.74 Å². The normalized spacial score (nSPS) is 10.2. The zero-order valence-electron chi connectivity index (χ0n) is 9.78.